The molecule has 1 atom stereocenters. The van der Waals surface area contributed by atoms with E-state index in [1.807, 2.05) is 60.4 Å². The zero-order chi connectivity index (χ0) is 22.1. The summed E-state index contributed by atoms with van der Waals surface area (Å²) in [4.78, 5) is 28.0. The standard InChI is InChI=1S/C25H26N2O4/c1-15-7-11-17(12-8-15)27-19-5-4-6-20(28)22(19)21(23(24(27)26)25(29)31-3)16-9-13-18(30-2)14-10-16/h7-14,21H,4-6,26H2,1-3H3. The SMILES string of the molecule is COC(=O)C1=C(N)N(c2ccc(C)cc2)C2=C(C(=O)CCC2)C1c1ccc(OC)cc1. The highest BCUT2D eigenvalue weighted by molar-refractivity contribution is 6.05. The summed E-state index contributed by atoms with van der Waals surface area (Å²) >= 11 is 0. The van der Waals surface area contributed by atoms with E-state index in [0.717, 1.165) is 28.9 Å². The van der Waals surface area contributed by atoms with E-state index in [4.69, 9.17) is 15.2 Å². The Morgan fingerprint density at radius 3 is 2.32 bits per heavy atom. The summed E-state index contributed by atoms with van der Waals surface area (Å²) < 4.78 is 10.4. The van der Waals surface area contributed by atoms with Crippen LogP contribution in [0.5, 0.6) is 5.75 Å². The second-order valence-corrected chi connectivity index (χ2v) is 7.80. The van der Waals surface area contributed by atoms with Gasteiger partial charge < -0.3 is 15.2 Å². The number of hydrogen-bond donors (Lipinski definition) is 1. The van der Waals surface area contributed by atoms with Gasteiger partial charge in [-0.2, -0.15) is 0 Å². The number of methoxy groups -OCH3 is 2. The maximum Gasteiger partial charge on any atom is 0.338 e. The molecular weight excluding hydrogens is 392 g/mol. The van der Waals surface area contributed by atoms with Crippen LogP contribution in [-0.4, -0.2) is 26.0 Å². The number of esters is 1. The van der Waals surface area contributed by atoms with Crippen molar-refractivity contribution in [2.75, 3.05) is 19.1 Å². The highest BCUT2D eigenvalue weighted by atomic mass is 16.5. The molecule has 6 nitrogen and oxygen atoms in total. The molecule has 1 aliphatic carbocycles. The Hall–Kier alpha value is -3.54. The molecule has 0 saturated heterocycles. The normalized spacial score (nSPS) is 18.7. The van der Waals surface area contributed by atoms with Crippen molar-refractivity contribution in [2.24, 2.45) is 5.73 Å². The van der Waals surface area contributed by atoms with Gasteiger partial charge >= 0.3 is 5.97 Å². The minimum Gasteiger partial charge on any atom is -0.497 e. The van der Waals surface area contributed by atoms with E-state index in [-0.39, 0.29) is 11.4 Å². The summed E-state index contributed by atoms with van der Waals surface area (Å²) in [6.45, 7) is 2.01. The summed E-state index contributed by atoms with van der Waals surface area (Å²) in [5, 5.41) is 0. The van der Waals surface area contributed by atoms with Crippen molar-refractivity contribution in [1.29, 1.82) is 0 Å². The number of carbonyl (C=O) groups is 2. The minimum atomic E-state index is -0.581. The smallest absolute Gasteiger partial charge is 0.338 e. The third kappa shape index (κ3) is 3.58. The highest BCUT2D eigenvalue weighted by Gasteiger charge is 2.42. The molecule has 2 N–H and O–H groups in total. The summed E-state index contributed by atoms with van der Waals surface area (Å²) in [7, 11) is 2.93. The lowest BCUT2D eigenvalue weighted by atomic mass is 9.75. The van der Waals surface area contributed by atoms with Gasteiger partial charge in [0.05, 0.1) is 25.7 Å². The number of benzene rings is 2. The van der Waals surface area contributed by atoms with E-state index in [2.05, 4.69) is 0 Å². The summed E-state index contributed by atoms with van der Waals surface area (Å²) in [6, 6.07) is 15.3. The lowest BCUT2D eigenvalue weighted by Gasteiger charge is -2.40. The molecule has 0 aromatic heterocycles. The van der Waals surface area contributed by atoms with Gasteiger partial charge in [-0.3, -0.25) is 9.69 Å². The molecule has 0 radical (unpaired) electrons. The summed E-state index contributed by atoms with van der Waals surface area (Å²) in [6.07, 6.45) is 1.90. The fourth-order valence-corrected chi connectivity index (χ4v) is 4.42. The van der Waals surface area contributed by atoms with Crippen molar-refractivity contribution in [2.45, 2.75) is 32.1 Å². The van der Waals surface area contributed by atoms with Crippen molar-refractivity contribution in [1.82, 2.24) is 0 Å². The van der Waals surface area contributed by atoms with E-state index in [0.29, 0.717) is 30.0 Å². The third-order valence-corrected chi connectivity index (χ3v) is 5.94. The second-order valence-electron chi connectivity index (χ2n) is 7.80. The lowest BCUT2D eigenvalue weighted by Crippen LogP contribution is -2.40. The number of anilines is 1. The molecule has 160 valence electrons. The fraction of sp³-hybridized carbons (Fsp3) is 0.280. The quantitative estimate of drug-likeness (QED) is 0.757. The van der Waals surface area contributed by atoms with Crippen LogP contribution in [-0.2, 0) is 14.3 Å². The Morgan fingerprint density at radius 2 is 1.71 bits per heavy atom. The van der Waals surface area contributed by atoms with Gasteiger partial charge in [0.1, 0.15) is 11.6 Å². The van der Waals surface area contributed by atoms with Gasteiger partial charge in [-0.1, -0.05) is 29.8 Å². The molecule has 2 aromatic carbocycles. The fourth-order valence-electron chi connectivity index (χ4n) is 4.42. The van der Waals surface area contributed by atoms with Crippen LogP contribution in [0.4, 0.5) is 5.69 Å². The molecule has 1 unspecified atom stereocenters. The van der Waals surface area contributed by atoms with Gasteiger partial charge in [-0.25, -0.2) is 4.79 Å². The number of nitrogens with two attached hydrogens (primary N) is 1. The van der Waals surface area contributed by atoms with Crippen molar-refractivity contribution in [3.63, 3.8) is 0 Å². The van der Waals surface area contributed by atoms with Gasteiger partial charge in [-0.05, 0) is 49.6 Å². The first kappa shape index (κ1) is 20.7. The van der Waals surface area contributed by atoms with Gasteiger partial charge in [0, 0.05) is 23.4 Å². The Balaban J connectivity index is 1.96. The first-order chi connectivity index (χ1) is 15.0. The van der Waals surface area contributed by atoms with Crippen LogP contribution in [0.3, 0.4) is 0 Å². The van der Waals surface area contributed by atoms with E-state index >= 15 is 0 Å². The number of allylic oxidation sites excluding steroid dienone is 2. The average molecular weight is 418 g/mol. The Bertz CT molecular complexity index is 1080. The van der Waals surface area contributed by atoms with E-state index in [1.54, 1.807) is 7.11 Å². The number of aryl methyl sites for hydroxylation is 1. The highest BCUT2D eigenvalue weighted by Crippen LogP contribution is 2.46. The van der Waals surface area contributed by atoms with E-state index in [9.17, 15) is 9.59 Å². The first-order valence-electron chi connectivity index (χ1n) is 10.3. The molecule has 0 amide bonds. The summed E-state index contributed by atoms with van der Waals surface area (Å²) in [5.41, 5.74) is 11.1. The molecule has 1 heterocycles. The molecule has 0 fully saturated rings. The zero-order valence-corrected chi connectivity index (χ0v) is 18.0. The predicted molar refractivity (Wildman–Crippen MR) is 119 cm³/mol. The zero-order valence-electron chi connectivity index (χ0n) is 18.0. The van der Waals surface area contributed by atoms with Gasteiger partial charge in [0.2, 0.25) is 0 Å². The second kappa shape index (κ2) is 8.30. The van der Waals surface area contributed by atoms with Crippen LogP contribution >= 0.6 is 0 Å². The number of ether oxygens (including phenoxy) is 2. The predicted octanol–water partition coefficient (Wildman–Crippen LogP) is 3.96. The Morgan fingerprint density at radius 1 is 1.03 bits per heavy atom. The Labute approximate surface area is 181 Å². The first-order valence-corrected chi connectivity index (χ1v) is 10.3. The van der Waals surface area contributed by atoms with Crippen molar-refractivity contribution < 1.29 is 19.1 Å². The molecule has 0 saturated carbocycles. The van der Waals surface area contributed by atoms with Gasteiger partial charge in [-0.15, -0.1) is 0 Å². The van der Waals surface area contributed by atoms with Crippen molar-refractivity contribution >= 4 is 17.4 Å². The van der Waals surface area contributed by atoms with Crippen LogP contribution in [0.15, 0.2) is 71.2 Å². The van der Waals surface area contributed by atoms with Crippen LogP contribution in [0, 0.1) is 6.92 Å². The van der Waals surface area contributed by atoms with Crippen LogP contribution in [0.2, 0.25) is 0 Å². The van der Waals surface area contributed by atoms with Gasteiger partial charge in [0.15, 0.2) is 5.78 Å². The Kier molecular flexibility index (Phi) is 5.55. The largest absolute Gasteiger partial charge is 0.497 e. The molecule has 2 aliphatic rings. The topological polar surface area (TPSA) is 81.9 Å². The number of hydrogen-bond acceptors (Lipinski definition) is 6. The van der Waals surface area contributed by atoms with E-state index < -0.39 is 11.9 Å². The molecule has 0 bridgehead atoms. The summed E-state index contributed by atoms with van der Waals surface area (Å²) in [5.74, 6) is -0.0946. The van der Waals surface area contributed by atoms with Gasteiger partial charge in [0.25, 0.3) is 0 Å². The minimum absolute atomic E-state index is 0.0353. The monoisotopic (exact) mass is 418 g/mol. The maximum atomic E-state index is 13.2. The van der Waals surface area contributed by atoms with Crippen LogP contribution in [0.25, 0.3) is 0 Å². The van der Waals surface area contributed by atoms with Crippen molar-refractivity contribution in [3.05, 3.63) is 82.3 Å². The number of ketones is 1. The number of carbonyl (C=O) groups excluding carboxylic acids is 2. The lowest BCUT2D eigenvalue weighted by molar-refractivity contribution is -0.136. The van der Waals surface area contributed by atoms with Crippen molar-refractivity contribution in [3.8, 4) is 5.75 Å². The maximum absolute atomic E-state index is 13.2. The molecule has 0 spiro atoms. The number of rotatable bonds is 4. The molecular formula is C25H26N2O4. The number of Topliss-reactive ketones (excluding diaryl/α,β-unsaturated/α-hetero) is 1. The molecule has 31 heavy (non-hydrogen) atoms. The average Bonchev–Trinajstić information content (AvgIpc) is 2.79. The van der Waals surface area contributed by atoms with Crippen LogP contribution < -0.4 is 15.4 Å². The molecule has 6 heteroatoms. The third-order valence-electron chi connectivity index (χ3n) is 5.94. The van der Waals surface area contributed by atoms with E-state index in [1.165, 1.54) is 7.11 Å². The number of nitrogens with zero attached hydrogens (tertiary/aromatic N) is 1. The van der Waals surface area contributed by atoms with Crippen LogP contribution in [0.1, 0.15) is 36.3 Å². The molecule has 2 aromatic rings. The molecule has 4 rings (SSSR count). The molecule has 1 aliphatic heterocycles.